The highest BCUT2D eigenvalue weighted by Gasteiger charge is 2.32. The number of hydrogen-bond donors (Lipinski definition) is 1. The lowest BCUT2D eigenvalue weighted by molar-refractivity contribution is 0.0643. The number of hydrogen-bond acceptors (Lipinski definition) is 3. The highest BCUT2D eigenvalue weighted by atomic mass is 16.5. The maximum Gasteiger partial charge on any atom is 0.0694 e. The van der Waals surface area contributed by atoms with Gasteiger partial charge in [-0.15, -0.1) is 0 Å². The van der Waals surface area contributed by atoms with Crippen molar-refractivity contribution in [2.45, 2.75) is 32.4 Å². The Kier molecular flexibility index (Phi) is 3.04. The van der Waals surface area contributed by atoms with E-state index in [1.165, 1.54) is 16.8 Å². The number of nitrogens with one attached hydrogen (secondary N) is 1. The van der Waals surface area contributed by atoms with Gasteiger partial charge in [-0.3, -0.25) is 0 Å². The highest BCUT2D eigenvalue weighted by Crippen LogP contribution is 2.32. The minimum atomic E-state index is 0.0955. The molecule has 2 aliphatic heterocycles. The van der Waals surface area contributed by atoms with Crippen LogP contribution in [0.15, 0.2) is 18.2 Å². The molecule has 2 aliphatic rings. The first kappa shape index (κ1) is 12.0. The topological polar surface area (TPSA) is 24.5 Å². The molecule has 0 spiro atoms. The largest absolute Gasteiger partial charge is 0.377 e. The molecule has 1 N–H and O–H groups in total. The Morgan fingerprint density at radius 1 is 1.33 bits per heavy atom. The van der Waals surface area contributed by atoms with Crippen LogP contribution in [-0.2, 0) is 17.7 Å². The molecule has 2 heterocycles. The summed E-state index contributed by atoms with van der Waals surface area (Å²) in [5.74, 6) is 0. The predicted molar refractivity (Wildman–Crippen MR) is 74.1 cm³/mol. The molecule has 0 atom stereocenters. The number of nitrogens with zero attached hydrogens (tertiary/aromatic N) is 1. The number of ether oxygens (including phenoxy) is 1. The molecule has 3 heteroatoms. The van der Waals surface area contributed by atoms with Crippen LogP contribution in [0.5, 0.6) is 0 Å². The molecule has 1 fully saturated rings. The van der Waals surface area contributed by atoms with E-state index in [2.05, 4.69) is 42.3 Å². The molecule has 0 bridgehead atoms. The third-order valence-electron chi connectivity index (χ3n) is 4.05. The summed E-state index contributed by atoms with van der Waals surface area (Å²) in [4.78, 5) is 2.53. The number of morpholine rings is 1. The second-order valence-electron chi connectivity index (χ2n) is 5.86. The monoisotopic (exact) mass is 246 g/mol. The van der Waals surface area contributed by atoms with E-state index < -0.39 is 0 Å². The van der Waals surface area contributed by atoms with Crippen molar-refractivity contribution in [2.75, 3.05) is 31.2 Å². The number of benzene rings is 1. The lowest BCUT2D eigenvalue weighted by atomic mass is 9.94. The third kappa shape index (κ3) is 2.02. The van der Waals surface area contributed by atoms with Crippen LogP contribution in [0.1, 0.15) is 25.0 Å². The minimum Gasteiger partial charge on any atom is -0.377 e. The third-order valence-corrected chi connectivity index (χ3v) is 4.05. The Balaban J connectivity index is 2.00. The molecule has 0 saturated carbocycles. The Hall–Kier alpha value is -1.06. The van der Waals surface area contributed by atoms with Crippen molar-refractivity contribution in [1.82, 2.24) is 5.32 Å². The number of rotatable bonds is 1. The van der Waals surface area contributed by atoms with Crippen molar-refractivity contribution in [2.24, 2.45) is 0 Å². The minimum absolute atomic E-state index is 0.0955. The van der Waals surface area contributed by atoms with Gasteiger partial charge in [0.2, 0.25) is 0 Å². The van der Waals surface area contributed by atoms with E-state index in [1.807, 2.05) is 0 Å². The standard InChI is InChI=1S/C15H22N2O/c1-15(2)11-18-9-8-17(15)14-5-3-4-12-10-16-7-6-13(12)14/h3-5,16H,6-11H2,1-2H3. The van der Waals surface area contributed by atoms with Gasteiger partial charge in [-0.2, -0.15) is 0 Å². The molecule has 0 unspecified atom stereocenters. The van der Waals surface area contributed by atoms with E-state index in [9.17, 15) is 0 Å². The van der Waals surface area contributed by atoms with Gasteiger partial charge in [0.15, 0.2) is 0 Å². The fraction of sp³-hybridized carbons (Fsp3) is 0.600. The van der Waals surface area contributed by atoms with Crippen LogP contribution in [-0.4, -0.2) is 31.8 Å². The average Bonchev–Trinajstić information content (AvgIpc) is 2.38. The molecule has 0 amide bonds. The maximum atomic E-state index is 5.63. The van der Waals surface area contributed by atoms with Crippen LogP contribution in [0, 0.1) is 0 Å². The van der Waals surface area contributed by atoms with E-state index in [1.54, 1.807) is 0 Å². The van der Waals surface area contributed by atoms with Crippen LogP contribution in [0.4, 0.5) is 5.69 Å². The van der Waals surface area contributed by atoms with Crippen LogP contribution in [0.2, 0.25) is 0 Å². The van der Waals surface area contributed by atoms with Crippen molar-refractivity contribution in [1.29, 1.82) is 0 Å². The van der Waals surface area contributed by atoms with E-state index >= 15 is 0 Å². The van der Waals surface area contributed by atoms with Crippen LogP contribution < -0.4 is 10.2 Å². The highest BCUT2D eigenvalue weighted by molar-refractivity contribution is 5.59. The van der Waals surface area contributed by atoms with E-state index in [-0.39, 0.29) is 5.54 Å². The van der Waals surface area contributed by atoms with E-state index in [0.29, 0.717) is 0 Å². The summed E-state index contributed by atoms with van der Waals surface area (Å²) in [6.45, 7) is 9.29. The zero-order valence-electron chi connectivity index (χ0n) is 11.3. The predicted octanol–water partition coefficient (Wildman–Crippen LogP) is 1.95. The van der Waals surface area contributed by atoms with Gasteiger partial charge in [-0.25, -0.2) is 0 Å². The summed E-state index contributed by atoms with van der Waals surface area (Å²) >= 11 is 0. The second kappa shape index (κ2) is 4.56. The van der Waals surface area contributed by atoms with Gasteiger partial charge in [0.05, 0.1) is 18.8 Å². The Bertz CT molecular complexity index is 442. The first-order chi connectivity index (χ1) is 8.68. The van der Waals surface area contributed by atoms with Gasteiger partial charge in [0, 0.05) is 18.8 Å². The van der Waals surface area contributed by atoms with Crippen LogP contribution >= 0.6 is 0 Å². The van der Waals surface area contributed by atoms with Crippen LogP contribution in [0.25, 0.3) is 0 Å². The average molecular weight is 246 g/mol. The Morgan fingerprint density at radius 3 is 3.06 bits per heavy atom. The molecule has 0 radical (unpaired) electrons. The lowest BCUT2D eigenvalue weighted by Crippen LogP contribution is -2.53. The van der Waals surface area contributed by atoms with E-state index in [0.717, 1.165) is 39.3 Å². The van der Waals surface area contributed by atoms with E-state index in [4.69, 9.17) is 4.74 Å². The zero-order chi connectivity index (χ0) is 12.6. The van der Waals surface area contributed by atoms with Crippen molar-refractivity contribution in [3.8, 4) is 0 Å². The zero-order valence-corrected chi connectivity index (χ0v) is 11.3. The lowest BCUT2D eigenvalue weighted by Gasteiger charge is -2.45. The quantitative estimate of drug-likeness (QED) is 0.819. The van der Waals surface area contributed by atoms with Gasteiger partial charge < -0.3 is 15.0 Å². The van der Waals surface area contributed by atoms with Gasteiger partial charge in [0.1, 0.15) is 0 Å². The SMILES string of the molecule is CC1(C)COCCN1c1cccc2c1CCNC2. The summed E-state index contributed by atoms with van der Waals surface area (Å²) in [5.41, 5.74) is 4.51. The summed E-state index contributed by atoms with van der Waals surface area (Å²) < 4.78 is 5.63. The number of fused-ring (bicyclic) bond motifs is 1. The summed E-state index contributed by atoms with van der Waals surface area (Å²) in [7, 11) is 0. The Morgan fingerprint density at radius 2 is 2.22 bits per heavy atom. The van der Waals surface area contributed by atoms with Crippen molar-refractivity contribution in [3.63, 3.8) is 0 Å². The molecule has 1 aromatic rings. The van der Waals surface area contributed by atoms with Gasteiger partial charge in [-0.05, 0) is 44.0 Å². The molecule has 18 heavy (non-hydrogen) atoms. The summed E-state index contributed by atoms with van der Waals surface area (Å²) in [6.07, 6.45) is 1.14. The molecular weight excluding hydrogens is 224 g/mol. The van der Waals surface area contributed by atoms with Crippen molar-refractivity contribution >= 4 is 5.69 Å². The molecular formula is C15H22N2O. The molecule has 0 aliphatic carbocycles. The van der Waals surface area contributed by atoms with Crippen molar-refractivity contribution in [3.05, 3.63) is 29.3 Å². The first-order valence-corrected chi connectivity index (χ1v) is 6.85. The van der Waals surface area contributed by atoms with Crippen LogP contribution in [0.3, 0.4) is 0 Å². The first-order valence-electron chi connectivity index (χ1n) is 6.85. The fourth-order valence-electron chi connectivity index (χ4n) is 3.07. The molecule has 3 rings (SSSR count). The molecule has 1 aromatic carbocycles. The molecule has 0 aromatic heterocycles. The molecule has 1 saturated heterocycles. The Labute approximate surface area is 109 Å². The fourth-order valence-corrected chi connectivity index (χ4v) is 3.07. The smallest absolute Gasteiger partial charge is 0.0694 e. The normalized spacial score (nSPS) is 22.7. The second-order valence-corrected chi connectivity index (χ2v) is 5.86. The molecule has 3 nitrogen and oxygen atoms in total. The van der Waals surface area contributed by atoms with Gasteiger partial charge >= 0.3 is 0 Å². The number of anilines is 1. The van der Waals surface area contributed by atoms with Gasteiger partial charge in [-0.1, -0.05) is 12.1 Å². The summed E-state index contributed by atoms with van der Waals surface area (Å²) in [6, 6.07) is 6.71. The van der Waals surface area contributed by atoms with Gasteiger partial charge in [0.25, 0.3) is 0 Å². The maximum absolute atomic E-state index is 5.63. The summed E-state index contributed by atoms with van der Waals surface area (Å²) in [5, 5.41) is 3.45. The van der Waals surface area contributed by atoms with Crippen molar-refractivity contribution < 1.29 is 4.74 Å². The molecule has 98 valence electrons.